The largest absolute Gasteiger partial charge is 0.334 e. The van der Waals surface area contributed by atoms with Crippen LogP contribution in [0.2, 0.25) is 0 Å². The van der Waals surface area contributed by atoms with Gasteiger partial charge in [-0.2, -0.15) is 5.26 Å². The molecule has 1 aliphatic heterocycles. The Balaban J connectivity index is 2.07. The molecule has 1 amide bonds. The summed E-state index contributed by atoms with van der Waals surface area (Å²) in [6.07, 6.45) is 1.93. The molecule has 0 saturated carbocycles. The topological polar surface area (TPSA) is 69.0 Å². The van der Waals surface area contributed by atoms with Crippen molar-refractivity contribution in [3.05, 3.63) is 30.1 Å². The van der Waals surface area contributed by atoms with Crippen LogP contribution in [-0.2, 0) is 11.3 Å². The summed E-state index contributed by atoms with van der Waals surface area (Å²) in [6, 6.07) is 7.52. The van der Waals surface area contributed by atoms with Crippen LogP contribution in [0.4, 0.5) is 0 Å². The highest BCUT2D eigenvalue weighted by molar-refractivity contribution is 5.83. The molecule has 1 aromatic heterocycles. The fraction of sp³-hybridized carbons (Fsp3) is 0.462. The van der Waals surface area contributed by atoms with Crippen LogP contribution in [0.1, 0.15) is 19.0 Å². The fourth-order valence-electron chi connectivity index (χ4n) is 2.18. The molecule has 1 saturated heterocycles. The molecule has 0 aliphatic carbocycles. The fourth-order valence-corrected chi connectivity index (χ4v) is 2.18. The first kappa shape index (κ1) is 12.5. The van der Waals surface area contributed by atoms with Gasteiger partial charge in [-0.05, 0) is 19.1 Å². The molecule has 0 spiro atoms. The minimum atomic E-state index is -0.387. The van der Waals surface area contributed by atoms with E-state index in [-0.39, 0.29) is 24.4 Å². The van der Waals surface area contributed by atoms with Crippen molar-refractivity contribution in [3.8, 4) is 6.07 Å². The molecule has 5 nitrogen and oxygen atoms in total. The van der Waals surface area contributed by atoms with Gasteiger partial charge >= 0.3 is 0 Å². The quantitative estimate of drug-likeness (QED) is 0.849. The number of amides is 1. The maximum absolute atomic E-state index is 12.1. The maximum atomic E-state index is 12.1. The van der Waals surface area contributed by atoms with Crippen LogP contribution >= 0.6 is 0 Å². The molecule has 5 heteroatoms. The van der Waals surface area contributed by atoms with Crippen LogP contribution in [0, 0.1) is 11.3 Å². The highest BCUT2D eigenvalue weighted by Gasteiger charge is 2.31. The van der Waals surface area contributed by atoms with Gasteiger partial charge in [0.1, 0.15) is 6.04 Å². The van der Waals surface area contributed by atoms with Crippen LogP contribution in [0.3, 0.4) is 0 Å². The van der Waals surface area contributed by atoms with Gasteiger partial charge in [-0.15, -0.1) is 0 Å². The molecule has 0 aromatic carbocycles. The number of piperazine rings is 1. The zero-order valence-electron chi connectivity index (χ0n) is 10.3. The Kier molecular flexibility index (Phi) is 3.90. The van der Waals surface area contributed by atoms with Crippen molar-refractivity contribution in [1.82, 2.24) is 15.2 Å². The van der Waals surface area contributed by atoms with Crippen LogP contribution in [0.5, 0.6) is 0 Å². The Labute approximate surface area is 106 Å². The molecule has 1 fully saturated rings. The monoisotopic (exact) mass is 244 g/mol. The minimum absolute atomic E-state index is 0.0136. The van der Waals surface area contributed by atoms with E-state index in [4.69, 9.17) is 5.26 Å². The van der Waals surface area contributed by atoms with Crippen molar-refractivity contribution in [2.45, 2.75) is 32.0 Å². The normalized spacial score (nSPS) is 23.8. The maximum Gasteiger partial charge on any atom is 0.241 e. The molecule has 1 N–H and O–H groups in total. The van der Waals surface area contributed by atoms with Gasteiger partial charge in [0, 0.05) is 18.8 Å². The molecule has 0 radical (unpaired) electrons. The average molecular weight is 244 g/mol. The van der Waals surface area contributed by atoms with Crippen molar-refractivity contribution >= 4 is 5.91 Å². The number of nitrogens with one attached hydrogen (secondary N) is 1. The van der Waals surface area contributed by atoms with Crippen LogP contribution < -0.4 is 5.32 Å². The van der Waals surface area contributed by atoms with Crippen molar-refractivity contribution in [2.75, 3.05) is 6.54 Å². The molecule has 18 heavy (non-hydrogen) atoms. The zero-order valence-corrected chi connectivity index (χ0v) is 10.3. The van der Waals surface area contributed by atoms with E-state index in [1.54, 1.807) is 11.1 Å². The van der Waals surface area contributed by atoms with Gasteiger partial charge in [0.15, 0.2) is 0 Å². The smallest absolute Gasteiger partial charge is 0.241 e. The molecule has 0 bridgehead atoms. The molecule has 2 rings (SSSR count). The number of aromatic nitrogens is 1. The zero-order chi connectivity index (χ0) is 13.0. The molecule has 94 valence electrons. The van der Waals surface area contributed by atoms with E-state index in [0.717, 1.165) is 5.69 Å². The summed E-state index contributed by atoms with van der Waals surface area (Å²) in [5.41, 5.74) is 0.871. The standard InChI is InChI=1S/C13H16N4O/c1-10-8-17(9-11-4-2-3-7-15-11)13(18)12(16-10)5-6-14/h2-4,7,10,12,16H,5,8-9H2,1H3. The second kappa shape index (κ2) is 5.61. The van der Waals surface area contributed by atoms with Crippen molar-refractivity contribution in [1.29, 1.82) is 5.26 Å². The Morgan fingerprint density at radius 3 is 3.11 bits per heavy atom. The average Bonchev–Trinajstić information content (AvgIpc) is 2.36. The van der Waals surface area contributed by atoms with Crippen molar-refractivity contribution in [2.24, 2.45) is 0 Å². The molecule has 1 aliphatic rings. The number of hydrogen-bond donors (Lipinski definition) is 1. The Morgan fingerprint density at radius 2 is 2.44 bits per heavy atom. The summed E-state index contributed by atoms with van der Waals surface area (Å²) < 4.78 is 0. The summed E-state index contributed by atoms with van der Waals surface area (Å²) in [4.78, 5) is 18.1. The summed E-state index contributed by atoms with van der Waals surface area (Å²) in [5, 5.41) is 11.9. The Morgan fingerprint density at radius 1 is 1.61 bits per heavy atom. The van der Waals surface area contributed by atoms with Crippen molar-refractivity contribution in [3.63, 3.8) is 0 Å². The number of pyridine rings is 1. The third-order valence-electron chi connectivity index (χ3n) is 2.96. The predicted molar refractivity (Wildman–Crippen MR) is 66.3 cm³/mol. The van der Waals surface area contributed by atoms with E-state index in [0.29, 0.717) is 13.1 Å². The molecule has 2 heterocycles. The van der Waals surface area contributed by atoms with Gasteiger partial charge in [-0.1, -0.05) is 6.07 Å². The van der Waals surface area contributed by atoms with Gasteiger partial charge < -0.3 is 10.2 Å². The molecule has 2 atom stereocenters. The van der Waals surface area contributed by atoms with E-state index < -0.39 is 0 Å². The van der Waals surface area contributed by atoms with Gasteiger partial charge in [0.2, 0.25) is 5.91 Å². The molecular weight excluding hydrogens is 228 g/mol. The van der Waals surface area contributed by atoms with E-state index in [9.17, 15) is 4.79 Å². The second-order valence-corrected chi connectivity index (χ2v) is 4.52. The number of rotatable bonds is 3. The number of hydrogen-bond acceptors (Lipinski definition) is 4. The van der Waals surface area contributed by atoms with Gasteiger partial charge in [-0.3, -0.25) is 9.78 Å². The lowest BCUT2D eigenvalue weighted by atomic mass is 10.1. The SMILES string of the molecule is CC1CN(Cc2ccccn2)C(=O)C(CC#N)N1. The summed E-state index contributed by atoms with van der Waals surface area (Å²) in [7, 11) is 0. The predicted octanol–water partition coefficient (Wildman–Crippen LogP) is 0.684. The second-order valence-electron chi connectivity index (χ2n) is 4.52. The first-order valence-electron chi connectivity index (χ1n) is 6.02. The molecular formula is C13H16N4O. The Bertz CT molecular complexity index is 454. The first-order valence-corrected chi connectivity index (χ1v) is 6.02. The van der Waals surface area contributed by atoms with Gasteiger partial charge in [0.25, 0.3) is 0 Å². The van der Waals surface area contributed by atoms with Gasteiger partial charge in [-0.25, -0.2) is 0 Å². The highest BCUT2D eigenvalue weighted by Crippen LogP contribution is 2.11. The van der Waals surface area contributed by atoms with Crippen LogP contribution in [-0.4, -0.2) is 34.4 Å². The first-order chi connectivity index (χ1) is 8.70. The summed E-state index contributed by atoms with van der Waals surface area (Å²) in [6.45, 7) is 3.17. The number of carbonyl (C=O) groups is 1. The van der Waals surface area contributed by atoms with E-state index >= 15 is 0 Å². The summed E-state index contributed by atoms with van der Waals surface area (Å²) >= 11 is 0. The van der Waals surface area contributed by atoms with E-state index in [1.165, 1.54) is 0 Å². The van der Waals surface area contributed by atoms with Crippen LogP contribution in [0.15, 0.2) is 24.4 Å². The van der Waals surface area contributed by atoms with E-state index in [1.807, 2.05) is 31.2 Å². The van der Waals surface area contributed by atoms with E-state index in [2.05, 4.69) is 10.3 Å². The lowest BCUT2D eigenvalue weighted by Crippen LogP contribution is -2.58. The summed E-state index contributed by atoms with van der Waals surface area (Å²) in [5.74, 6) is -0.0136. The number of carbonyl (C=O) groups excluding carboxylic acids is 1. The highest BCUT2D eigenvalue weighted by atomic mass is 16.2. The molecule has 1 aromatic rings. The molecule has 2 unspecified atom stereocenters. The third-order valence-corrected chi connectivity index (χ3v) is 2.96. The van der Waals surface area contributed by atoms with Crippen molar-refractivity contribution < 1.29 is 4.79 Å². The third kappa shape index (κ3) is 2.84. The van der Waals surface area contributed by atoms with Gasteiger partial charge in [0.05, 0.1) is 24.7 Å². The minimum Gasteiger partial charge on any atom is -0.334 e. The lowest BCUT2D eigenvalue weighted by molar-refractivity contribution is -0.137. The lowest BCUT2D eigenvalue weighted by Gasteiger charge is -2.36. The van der Waals surface area contributed by atoms with Crippen LogP contribution in [0.25, 0.3) is 0 Å². The number of nitriles is 1. The number of nitrogens with zero attached hydrogens (tertiary/aromatic N) is 3. The Hall–Kier alpha value is -1.93.